The van der Waals surface area contributed by atoms with Crippen molar-refractivity contribution >= 4 is 17.6 Å². The Morgan fingerprint density at radius 2 is 2.05 bits per heavy atom. The maximum atomic E-state index is 11.7. The SMILES string of the molecule is COC(=O)C1CCn2c(C3CCCCC3)nc(Cl)c2C1. The van der Waals surface area contributed by atoms with E-state index in [1.807, 2.05) is 0 Å². The lowest BCUT2D eigenvalue weighted by atomic mass is 9.88. The number of fused-ring (bicyclic) bond motifs is 1. The quantitative estimate of drug-likeness (QED) is 0.786. The molecule has 1 atom stereocenters. The minimum atomic E-state index is -0.132. The third-order valence-electron chi connectivity index (χ3n) is 4.70. The molecule has 2 heterocycles. The lowest BCUT2D eigenvalue weighted by Crippen LogP contribution is -2.28. The lowest BCUT2D eigenvalue weighted by molar-refractivity contribution is -0.146. The van der Waals surface area contributed by atoms with Crippen LogP contribution in [0.25, 0.3) is 0 Å². The molecule has 0 spiro atoms. The summed E-state index contributed by atoms with van der Waals surface area (Å²) in [6.45, 7) is 0.834. The molecule has 0 saturated heterocycles. The van der Waals surface area contributed by atoms with Crippen molar-refractivity contribution < 1.29 is 9.53 Å². The number of hydrogen-bond donors (Lipinski definition) is 0. The maximum Gasteiger partial charge on any atom is 0.309 e. The Labute approximate surface area is 124 Å². The van der Waals surface area contributed by atoms with Gasteiger partial charge in [0, 0.05) is 18.9 Å². The number of carbonyl (C=O) groups excluding carboxylic acids is 1. The number of rotatable bonds is 2. The topological polar surface area (TPSA) is 44.1 Å². The molecule has 110 valence electrons. The van der Waals surface area contributed by atoms with Crippen molar-refractivity contribution in [1.82, 2.24) is 9.55 Å². The summed E-state index contributed by atoms with van der Waals surface area (Å²) in [6, 6.07) is 0. The van der Waals surface area contributed by atoms with Gasteiger partial charge >= 0.3 is 5.97 Å². The standard InChI is InChI=1S/C15H21ClN2O2/c1-20-15(19)11-7-8-18-12(9-11)13(16)17-14(18)10-5-3-2-4-6-10/h10-11H,2-9H2,1H3. The van der Waals surface area contributed by atoms with E-state index < -0.39 is 0 Å². The highest BCUT2D eigenvalue weighted by molar-refractivity contribution is 6.30. The number of hydrogen-bond acceptors (Lipinski definition) is 3. The predicted octanol–water partition coefficient (Wildman–Crippen LogP) is 3.32. The van der Waals surface area contributed by atoms with Crippen molar-refractivity contribution in [3.05, 3.63) is 16.7 Å². The zero-order chi connectivity index (χ0) is 14.1. The molecule has 20 heavy (non-hydrogen) atoms. The van der Waals surface area contributed by atoms with Crippen molar-refractivity contribution in [2.45, 2.75) is 57.4 Å². The average Bonchev–Trinajstić information content (AvgIpc) is 2.84. The summed E-state index contributed by atoms with van der Waals surface area (Å²) < 4.78 is 7.12. The first kappa shape index (κ1) is 13.9. The van der Waals surface area contributed by atoms with Gasteiger partial charge in [0.15, 0.2) is 5.15 Å². The second-order valence-corrected chi connectivity index (χ2v) is 6.26. The number of ether oxygens (including phenoxy) is 1. The van der Waals surface area contributed by atoms with Gasteiger partial charge < -0.3 is 9.30 Å². The fraction of sp³-hybridized carbons (Fsp3) is 0.733. The molecular formula is C15H21ClN2O2. The van der Waals surface area contributed by atoms with Crippen molar-refractivity contribution in [3.63, 3.8) is 0 Å². The van der Waals surface area contributed by atoms with Gasteiger partial charge in [-0.3, -0.25) is 4.79 Å². The number of carbonyl (C=O) groups is 1. The normalized spacial score (nSPS) is 23.4. The molecular weight excluding hydrogens is 276 g/mol. The summed E-state index contributed by atoms with van der Waals surface area (Å²) >= 11 is 6.31. The molecule has 1 unspecified atom stereocenters. The van der Waals surface area contributed by atoms with E-state index in [1.54, 1.807) is 0 Å². The highest BCUT2D eigenvalue weighted by Gasteiger charge is 2.32. The first-order chi connectivity index (χ1) is 9.70. The number of imidazole rings is 1. The van der Waals surface area contributed by atoms with Crippen molar-refractivity contribution in [1.29, 1.82) is 0 Å². The molecule has 1 aromatic rings. The monoisotopic (exact) mass is 296 g/mol. The van der Waals surface area contributed by atoms with Crippen LogP contribution in [-0.4, -0.2) is 22.6 Å². The second kappa shape index (κ2) is 5.76. The van der Waals surface area contributed by atoms with Crippen LogP contribution in [0.1, 0.15) is 56.0 Å². The van der Waals surface area contributed by atoms with Gasteiger partial charge in [-0.1, -0.05) is 30.9 Å². The van der Waals surface area contributed by atoms with Crippen molar-refractivity contribution in [2.24, 2.45) is 5.92 Å². The minimum Gasteiger partial charge on any atom is -0.469 e. The summed E-state index contributed by atoms with van der Waals surface area (Å²) in [7, 11) is 1.45. The zero-order valence-electron chi connectivity index (χ0n) is 11.9. The molecule has 0 radical (unpaired) electrons. The molecule has 3 rings (SSSR count). The molecule has 2 aliphatic rings. The van der Waals surface area contributed by atoms with Crippen molar-refractivity contribution in [3.8, 4) is 0 Å². The molecule has 5 heteroatoms. The number of halogens is 1. The third kappa shape index (κ3) is 2.46. The molecule has 1 aliphatic heterocycles. The summed E-state index contributed by atoms with van der Waals surface area (Å²) in [4.78, 5) is 16.3. The summed E-state index contributed by atoms with van der Waals surface area (Å²) in [6.07, 6.45) is 7.82. The van der Waals surface area contributed by atoms with Crippen LogP contribution in [-0.2, 0) is 22.5 Å². The highest BCUT2D eigenvalue weighted by Crippen LogP contribution is 2.36. The molecule has 1 aromatic heterocycles. The molecule has 0 amide bonds. The van der Waals surface area contributed by atoms with Gasteiger partial charge in [0.1, 0.15) is 5.82 Å². The van der Waals surface area contributed by atoms with E-state index in [0.717, 1.165) is 24.5 Å². The molecule has 0 bridgehead atoms. The summed E-state index contributed by atoms with van der Waals surface area (Å²) in [5.41, 5.74) is 1.02. The van der Waals surface area contributed by atoms with E-state index in [9.17, 15) is 4.79 Å². The van der Waals surface area contributed by atoms with Crippen LogP contribution in [0.5, 0.6) is 0 Å². The van der Waals surface area contributed by atoms with Gasteiger partial charge in [0.2, 0.25) is 0 Å². The van der Waals surface area contributed by atoms with Crippen LogP contribution < -0.4 is 0 Å². The number of nitrogens with zero attached hydrogens (tertiary/aromatic N) is 2. The number of methoxy groups -OCH3 is 1. The molecule has 0 aromatic carbocycles. The van der Waals surface area contributed by atoms with Crippen LogP contribution >= 0.6 is 11.6 Å². The zero-order valence-corrected chi connectivity index (χ0v) is 12.7. The van der Waals surface area contributed by atoms with Crippen LogP contribution in [0.2, 0.25) is 5.15 Å². The van der Waals surface area contributed by atoms with E-state index in [-0.39, 0.29) is 11.9 Å². The van der Waals surface area contributed by atoms with E-state index in [1.165, 1.54) is 39.2 Å². The van der Waals surface area contributed by atoms with E-state index in [0.29, 0.717) is 17.5 Å². The van der Waals surface area contributed by atoms with Crippen molar-refractivity contribution in [2.75, 3.05) is 7.11 Å². The molecule has 4 nitrogen and oxygen atoms in total. The Hall–Kier alpha value is -1.03. The smallest absolute Gasteiger partial charge is 0.309 e. The largest absolute Gasteiger partial charge is 0.469 e. The Kier molecular flexibility index (Phi) is 4.01. The third-order valence-corrected chi connectivity index (χ3v) is 5.00. The second-order valence-electron chi connectivity index (χ2n) is 5.91. The van der Waals surface area contributed by atoms with Crippen LogP contribution in [0.4, 0.5) is 0 Å². The lowest BCUT2D eigenvalue weighted by Gasteiger charge is -2.27. The van der Waals surface area contributed by atoms with E-state index in [2.05, 4.69) is 9.55 Å². The Morgan fingerprint density at radius 3 is 2.75 bits per heavy atom. The predicted molar refractivity (Wildman–Crippen MR) is 76.9 cm³/mol. The van der Waals surface area contributed by atoms with Gasteiger partial charge in [-0.05, 0) is 19.3 Å². The molecule has 1 aliphatic carbocycles. The van der Waals surface area contributed by atoms with E-state index in [4.69, 9.17) is 16.3 Å². The molecule has 0 N–H and O–H groups in total. The number of aromatic nitrogens is 2. The van der Waals surface area contributed by atoms with Crippen LogP contribution in [0.15, 0.2) is 0 Å². The summed E-state index contributed by atoms with van der Waals surface area (Å²) in [5, 5.41) is 0.583. The Bertz CT molecular complexity index is 506. The van der Waals surface area contributed by atoms with E-state index >= 15 is 0 Å². The first-order valence-corrected chi connectivity index (χ1v) is 7.91. The van der Waals surface area contributed by atoms with Crippen LogP contribution in [0, 0.1) is 5.92 Å². The fourth-order valence-corrected chi connectivity index (χ4v) is 3.85. The van der Waals surface area contributed by atoms with Crippen LogP contribution in [0.3, 0.4) is 0 Å². The molecule has 1 saturated carbocycles. The number of esters is 1. The summed E-state index contributed by atoms with van der Waals surface area (Å²) in [5.74, 6) is 1.49. The Morgan fingerprint density at radius 1 is 1.30 bits per heavy atom. The average molecular weight is 297 g/mol. The van der Waals surface area contributed by atoms with Gasteiger partial charge in [-0.25, -0.2) is 4.98 Å². The minimum absolute atomic E-state index is 0.0686. The van der Waals surface area contributed by atoms with Gasteiger partial charge in [0.25, 0.3) is 0 Å². The highest BCUT2D eigenvalue weighted by atomic mass is 35.5. The maximum absolute atomic E-state index is 11.7. The Balaban J connectivity index is 1.85. The fourth-order valence-electron chi connectivity index (χ4n) is 3.58. The van der Waals surface area contributed by atoms with Gasteiger partial charge in [-0.15, -0.1) is 0 Å². The first-order valence-electron chi connectivity index (χ1n) is 7.53. The molecule has 1 fully saturated rings. The van der Waals surface area contributed by atoms with Gasteiger partial charge in [-0.2, -0.15) is 0 Å². The van der Waals surface area contributed by atoms with Gasteiger partial charge in [0.05, 0.1) is 18.7 Å².